The van der Waals surface area contributed by atoms with Crippen LogP contribution in [-0.2, 0) is 0 Å². The highest BCUT2D eigenvalue weighted by molar-refractivity contribution is 7.12. The molecule has 2 aromatic rings. The van der Waals surface area contributed by atoms with Gasteiger partial charge in [-0.2, -0.15) is 0 Å². The molecule has 0 spiro atoms. The average Bonchev–Trinajstić information content (AvgIpc) is 2.78. The fourth-order valence-electron chi connectivity index (χ4n) is 2.05. The first-order valence-electron chi connectivity index (χ1n) is 6.31. The molecule has 0 aliphatic rings. The van der Waals surface area contributed by atoms with Crippen molar-refractivity contribution in [2.75, 3.05) is 5.43 Å². The molecule has 4 N–H and O–H groups in total. The number of amides is 1. The van der Waals surface area contributed by atoms with Crippen molar-refractivity contribution in [1.29, 1.82) is 0 Å². The van der Waals surface area contributed by atoms with Crippen LogP contribution in [0.5, 0.6) is 0 Å². The summed E-state index contributed by atoms with van der Waals surface area (Å²) in [5, 5.41) is 2.98. The zero-order chi connectivity index (χ0) is 14.7. The molecule has 106 valence electrons. The van der Waals surface area contributed by atoms with Gasteiger partial charge in [0.15, 0.2) is 0 Å². The Morgan fingerprint density at radius 1 is 1.40 bits per heavy atom. The predicted octanol–water partition coefficient (Wildman–Crippen LogP) is 2.54. The number of nitrogens with two attached hydrogens (primary N) is 1. The first-order chi connectivity index (χ1) is 9.51. The van der Waals surface area contributed by atoms with E-state index in [-0.39, 0.29) is 11.9 Å². The minimum Gasteiger partial charge on any atom is -0.345 e. The van der Waals surface area contributed by atoms with E-state index in [1.807, 2.05) is 6.92 Å². The Balaban J connectivity index is 2.08. The second kappa shape index (κ2) is 6.02. The number of hydrazine groups is 1. The molecule has 5 nitrogen and oxygen atoms in total. The zero-order valence-electron chi connectivity index (χ0n) is 11.7. The maximum atomic E-state index is 12.1. The van der Waals surface area contributed by atoms with E-state index < -0.39 is 0 Å². The third-order valence-corrected chi connectivity index (χ3v) is 4.05. The van der Waals surface area contributed by atoms with Gasteiger partial charge < -0.3 is 10.7 Å². The van der Waals surface area contributed by atoms with Crippen molar-refractivity contribution in [3.05, 3.63) is 45.3 Å². The smallest absolute Gasteiger partial charge is 0.253 e. The maximum absolute atomic E-state index is 12.1. The van der Waals surface area contributed by atoms with Gasteiger partial charge in [-0.05, 0) is 44.5 Å². The molecule has 0 aliphatic carbocycles. The molecule has 2 aromatic heterocycles. The number of nitrogens with one attached hydrogen (secondary N) is 2. The molecule has 0 bridgehead atoms. The molecule has 1 atom stereocenters. The third-order valence-electron chi connectivity index (χ3n) is 3.07. The highest BCUT2D eigenvalue weighted by Gasteiger charge is 2.15. The van der Waals surface area contributed by atoms with Gasteiger partial charge in [-0.1, -0.05) is 0 Å². The normalized spacial score (nSPS) is 12.0. The Labute approximate surface area is 122 Å². The first kappa shape index (κ1) is 14.5. The standard InChI is InChI=1S/C14H18N4OS/c1-8-6-12(10(3)20-8)9(2)17-14(19)11-4-5-13(18-15)16-7-11/h4-7,9H,15H2,1-3H3,(H,16,18)(H,17,19). The number of anilines is 1. The van der Waals surface area contributed by atoms with Crippen LogP contribution in [0.4, 0.5) is 5.82 Å². The van der Waals surface area contributed by atoms with Gasteiger partial charge in [0.05, 0.1) is 11.6 Å². The second-order valence-electron chi connectivity index (χ2n) is 4.64. The average molecular weight is 290 g/mol. The Hall–Kier alpha value is -1.92. The summed E-state index contributed by atoms with van der Waals surface area (Å²) in [6.07, 6.45) is 1.50. The molecule has 0 saturated carbocycles. The van der Waals surface area contributed by atoms with Crippen LogP contribution in [0.25, 0.3) is 0 Å². The number of hydrogen-bond donors (Lipinski definition) is 3. The summed E-state index contributed by atoms with van der Waals surface area (Å²) in [5.74, 6) is 5.62. The molecule has 6 heteroatoms. The van der Waals surface area contributed by atoms with Gasteiger partial charge >= 0.3 is 0 Å². The number of thiophene rings is 1. The molecule has 0 fully saturated rings. The Morgan fingerprint density at radius 3 is 2.65 bits per heavy atom. The van der Waals surface area contributed by atoms with Crippen LogP contribution in [-0.4, -0.2) is 10.9 Å². The van der Waals surface area contributed by atoms with Gasteiger partial charge in [-0.25, -0.2) is 10.8 Å². The SMILES string of the molecule is Cc1cc(C(C)NC(=O)c2ccc(NN)nc2)c(C)s1. The zero-order valence-corrected chi connectivity index (χ0v) is 12.5. The van der Waals surface area contributed by atoms with E-state index in [9.17, 15) is 4.79 Å². The van der Waals surface area contributed by atoms with Crippen molar-refractivity contribution >= 4 is 23.1 Å². The molecule has 1 amide bonds. The maximum Gasteiger partial charge on any atom is 0.253 e. The van der Waals surface area contributed by atoms with Gasteiger partial charge in [-0.3, -0.25) is 4.79 Å². The summed E-state index contributed by atoms with van der Waals surface area (Å²) in [6, 6.07) is 5.44. The molecule has 0 aromatic carbocycles. The number of carbonyl (C=O) groups excluding carboxylic acids is 1. The van der Waals surface area contributed by atoms with Crippen LogP contribution in [0.15, 0.2) is 24.4 Å². The molecule has 20 heavy (non-hydrogen) atoms. The number of aromatic nitrogens is 1. The molecule has 2 rings (SSSR count). The lowest BCUT2D eigenvalue weighted by Gasteiger charge is -2.14. The van der Waals surface area contributed by atoms with Crippen LogP contribution < -0.4 is 16.6 Å². The minimum atomic E-state index is -0.142. The molecule has 2 heterocycles. The van der Waals surface area contributed by atoms with E-state index in [4.69, 9.17) is 5.84 Å². The number of carbonyl (C=O) groups is 1. The quantitative estimate of drug-likeness (QED) is 0.597. The lowest BCUT2D eigenvalue weighted by molar-refractivity contribution is 0.0939. The van der Waals surface area contributed by atoms with Gasteiger partial charge in [0.2, 0.25) is 0 Å². The van der Waals surface area contributed by atoms with E-state index in [1.54, 1.807) is 23.5 Å². The number of rotatable bonds is 4. The van der Waals surface area contributed by atoms with Crippen molar-refractivity contribution in [3.8, 4) is 0 Å². The summed E-state index contributed by atoms with van der Waals surface area (Å²) < 4.78 is 0. The van der Waals surface area contributed by atoms with Gasteiger partial charge in [0, 0.05) is 16.0 Å². The predicted molar refractivity (Wildman–Crippen MR) is 81.7 cm³/mol. The van der Waals surface area contributed by atoms with Crippen molar-refractivity contribution in [1.82, 2.24) is 10.3 Å². The Kier molecular flexibility index (Phi) is 4.36. The van der Waals surface area contributed by atoms with Gasteiger partial charge in [0.1, 0.15) is 5.82 Å². The Bertz CT molecular complexity index is 606. The number of hydrogen-bond acceptors (Lipinski definition) is 5. The van der Waals surface area contributed by atoms with E-state index in [2.05, 4.69) is 35.6 Å². The van der Waals surface area contributed by atoms with E-state index >= 15 is 0 Å². The second-order valence-corrected chi connectivity index (χ2v) is 6.10. The topological polar surface area (TPSA) is 80.0 Å². The minimum absolute atomic E-state index is 0.0280. The summed E-state index contributed by atoms with van der Waals surface area (Å²) in [4.78, 5) is 18.7. The molecule has 0 saturated heterocycles. The lowest BCUT2D eigenvalue weighted by atomic mass is 10.1. The molecular formula is C14H18N4OS. The summed E-state index contributed by atoms with van der Waals surface area (Å²) in [6.45, 7) is 6.12. The summed E-state index contributed by atoms with van der Waals surface area (Å²) >= 11 is 1.74. The Morgan fingerprint density at radius 2 is 2.15 bits per heavy atom. The van der Waals surface area contributed by atoms with Gasteiger partial charge in [-0.15, -0.1) is 11.3 Å². The summed E-state index contributed by atoms with van der Waals surface area (Å²) in [5.41, 5.74) is 4.10. The largest absolute Gasteiger partial charge is 0.345 e. The van der Waals surface area contributed by atoms with Crippen LogP contribution in [0.2, 0.25) is 0 Å². The van der Waals surface area contributed by atoms with Crippen molar-refractivity contribution in [3.63, 3.8) is 0 Å². The number of nitrogen functional groups attached to an aromatic ring is 1. The highest BCUT2D eigenvalue weighted by atomic mass is 32.1. The first-order valence-corrected chi connectivity index (χ1v) is 7.13. The number of aryl methyl sites for hydroxylation is 2. The fraction of sp³-hybridized carbons (Fsp3) is 0.286. The van der Waals surface area contributed by atoms with Crippen LogP contribution in [0, 0.1) is 13.8 Å². The molecule has 0 aliphatic heterocycles. The van der Waals surface area contributed by atoms with Crippen molar-refractivity contribution < 1.29 is 4.79 Å². The highest BCUT2D eigenvalue weighted by Crippen LogP contribution is 2.26. The molecule has 1 unspecified atom stereocenters. The third kappa shape index (κ3) is 3.15. The number of pyridine rings is 1. The van der Waals surface area contributed by atoms with E-state index in [0.29, 0.717) is 11.4 Å². The van der Waals surface area contributed by atoms with Gasteiger partial charge in [0.25, 0.3) is 5.91 Å². The van der Waals surface area contributed by atoms with E-state index in [1.165, 1.54) is 16.0 Å². The number of nitrogens with zero attached hydrogens (tertiary/aromatic N) is 1. The molecular weight excluding hydrogens is 272 g/mol. The monoisotopic (exact) mass is 290 g/mol. The fourth-order valence-corrected chi connectivity index (χ4v) is 3.07. The van der Waals surface area contributed by atoms with Crippen molar-refractivity contribution in [2.45, 2.75) is 26.8 Å². The van der Waals surface area contributed by atoms with Crippen LogP contribution in [0.1, 0.15) is 38.6 Å². The summed E-state index contributed by atoms with van der Waals surface area (Å²) in [7, 11) is 0. The lowest BCUT2D eigenvalue weighted by Crippen LogP contribution is -2.27. The van der Waals surface area contributed by atoms with Crippen LogP contribution in [0.3, 0.4) is 0 Å². The van der Waals surface area contributed by atoms with Crippen molar-refractivity contribution in [2.24, 2.45) is 5.84 Å². The van der Waals surface area contributed by atoms with E-state index in [0.717, 1.165) is 5.56 Å². The molecule has 0 radical (unpaired) electrons. The van der Waals surface area contributed by atoms with Crippen LogP contribution >= 0.6 is 11.3 Å².